The van der Waals surface area contributed by atoms with Gasteiger partial charge >= 0.3 is 5.97 Å². The van der Waals surface area contributed by atoms with Crippen LogP contribution in [-0.4, -0.2) is 22.2 Å². The Kier molecular flexibility index (Phi) is 2.82. The van der Waals surface area contributed by atoms with Crippen molar-refractivity contribution < 1.29 is 13.9 Å². The van der Waals surface area contributed by atoms with Crippen molar-refractivity contribution >= 4 is 17.0 Å². The highest BCUT2D eigenvalue weighted by molar-refractivity contribution is 5.95. The Labute approximate surface area is 115 Å². The largest absolute Gasteiger partial charge is 0.464 e. The average Bonchev–Trinajstić information content (AvgIpc) is 3.00. The van der Waals surface area contributed by atoms with Crippen molar-refractivity contribution in [3.63, 3.8) is 0 Å². The third kappa shape index (κ3) is 1.79. The fourth-order valence-corrected chi connectivity index (χ4v) is 2.34. The minimum absolute atomic E-state index is 0.277. The predicted molar refractivity (Wildman–Crippen MR) is 73.5 cm³/mol. The molecular formula is C15H13FN2O2. The fourth-order valence-electron chi connectivity index (χ4n) is 2.34. The molecule has 102 valence electrons. The molecule has 0 saturated carbocycles. The van der Waals surface area contributed by atoms with Gasteiger partial charge in [-0.25, -0.2) is 9.18 Å². The van der Waals surface area contributed by atoms with Crippen molar-refractivity contribution in [2.75, 3.05) is 7.11 Å². The van der Waals surface area contributed by atoms with Crippen LogP contribution in [0.5, 0.6) is 0 Å². The number of carbonyl (C=O) groups is 1. The molecule has 4 nitrogen and oxygen atoms in total. The molecule has 0 bridgehead atoms. The monoisotopic (exact) mass is 272 g/mol. The maximum absolute atomic E-state index is 13.0. The van der Waals surface area contributed by atoms with E-state index in [2.05, 4.69) is 0 Å². The Morgan fingerprint density at radius 2 is 1.85 bits per heavy atom. The van der Waals surface area contributed by atoms with Gasteiger partial charge in [-0.3, -0.25) is 0 Å². The molecule has 0 unspecified atom stereocenters. The number of benzene rings is 1. The van der Waals surface area contributed by atoms with E-state index in [0.717, 1.165) is 16.7 Å². The lowest BCUT2D eigenvalue weighted by Gasteiger charge is -2.03. The van der Waals surface area contributed by atoms with E-state index in [9.17, 15) is 9.18 Å². The third-order valence-electron chi connectivity index (χ3n) is 3.40. The van der Waals surface area contributed by atoms with E-state index in [1.165, 1.54) is 19.2 Å². The third-order valence-corrected chi connectivity index (χ3v) is 3.40. The van der Waals surface area contributed by atoms with Crippen molar-refractivity contribution in [1.82, 2.24) is 9.13 Å². The molecule has 0 atom stereocenters. The van der Waals surface area contributed by atoms with Crippen LogP contribution in [0.3, 0.4) is 0 Å². The first-order valence-electron chi connectivity index (χ1n) is 6.13. The van der Waals surface area contributed by atoms with Crippen molar-refractivity contribution in [2.24, 2.45) is 7.05 Å². The van der Waals surface area contributed by atoms with Gasteiger partial charge in [0.25, 0.3) is 0 Å². The summed E-state index contributed by atoms with van der Waals surface area (Å²) in [7, 11) is 3.16. The summed E-state index contributed by atoms with van der Waals surface area (Å²) < 4.78 is 21.4. The summed E-state index contributed by atoms with van der Waals surface area (Å²) in [6, 6.07) is 9.88. The lowest BCUT2D eigenvalue weighted by Crippen LogP contribution is -2.06. The highest BCUT2D eigenvalue weighted by Gasteiger charge is 2.16. The van der Waals surface area contributed by atoms with Crippen LogP contribution in [-0.2, 0) is 11.8 Å². The number of aryl methyl sites for hydroxylation is 1. The molecule has 1 aromatic carbocycles. The molecule has 0 fully saturated rings. The molecular weight excluding hydrogens is 259 g/mol. The van der Waals surface area contributed by atoms with Crippen molar-refractivity contribution in [2.45, 2.75) is 0 Å². The molecule has 0 amide bonds. The van der Waals surface area contributed by atoms with E-state index in [1.54, 1.807) is 22.8 Å². The van der Waals surface area contributed by atoms with Crippen molar-refractivity contribution in [3.8, 4) is 5.69 Å². The van der Waals surface area contributed by atoms with E-state index >= 15 is 0 Å². The van der Waals surface area contributed by atoms with Crippen LogP contribution in [0.15, 0.2) is 42.6 Å². The minimum atomic E-state index is -0.380. The number of halogens is 1. The van der Waals surface area contributed by atoms with Gasteiger partial charge in [0.1, 0.15) is 11.5 Å². The summed E-state index contributed by atoms with van der Waals surface area (Å²) >= 11 is 0. The molecule has 0 N–H and O–H groups in total. The zero-order valence-electron chi connectivity index (χ0n) is 11.1. The van der Waals surface area contributed by atoms with Gasteiger partial charge < -0.3 is 13.9 Å². The first-order valence-corrected chi connectivity index (χ1v) is 6.13. The summed E-state index contributed by atoms with van der Waals surface area (Å²) in [4.78, 5) is 11.7. The Bertz CT molecular complexity index is 784. The second-order valence-corrected chi connectivity index (χ2v) is 4.51. The molecule has 20 heavy (non-hydrogen) atoms. The SMILES string of the molecule is COC(=O)c1cc2c(ccn2-c2ccc(F)cc2)n1C. The summed E-state index contributed by atoms with van der Waals surface area (Å²) in [5.41, 5.74) is 3.10. The van der Waals surface area contributed by atoms with E-state index in [-0.39, 0.29) is 11.8 Å². The summed E-state index contributed by atoms with van der Waals surface area (Å²) in [6.07, 6.45) is 1.89. The molecule has 0 radical (unpaired) electrons. The molecule has 0 aliphatic carbocycles. The van der Waals surface area contributed by atoms with Gasteiger partial charge in [-0.2, -0.15) is 0 Å². The standard InChI is InChI=1S/C15H13FN2O2/c1-17-12-7-8-18(11-5-3-10(16)4-6-11)13(12)9-14(17)15(19)20-2/h3-9H,1-2H3. The van der Waals surface area contributed by atoms with Crippen LogP contribution >= 0.6 is 0 Å². The predicted octanol–water partition coefficient (Wildman–Crippen LogP) is 2.89. The van der Waals surface area contributed by atoms with E-state index < -0.39 is 0 Å². The number of rotatable bonds is 2. The number of fused-ring (bicyclic) bond motifs is 1. The molecule has 3 rings (SSSR count). The van der Waals surface area contributed by atoms with Gasteiger partial charge in [0.15, 0.2) is 0 Å². The number of esters is 1. The Morgan fingerprint density at radius 3 is 2.50 bits per heavy atom. The van der Waals surface area contributed by atoms with Gasteiger partial charge in [0.05, 0.1) is 18.1 Å². The topological polar surface area (TPSA) is 36.2 Å². The zero-order chi connectivity index (χ0) is 14.3. The summed E-state index contributed by atoms with van der Waals surface area (Å²) in [5, 5.41) is 0. The number of nitrogens with zero attached hydrogens (tertiary/aromatic N) is 2. The van der Waals surface area contributed by atoms with Gasteiger partial charge in [-0.05, 0) is 36.4 Å². The normalized spacial score (nSPS) is 10.9. The van der Waals surface area contributed by atoms with Gasteiger partial charge in [-0.15, -0.1) is 0 Å². The van der Waals surface area contributed by atoms with Gasteiger partial charge in [0.2, 0.25) is 0 Å². The van der Waals surface area contributed by atoms with Crippen LogP contribution in [0.1, 0.15) is 10.5 Å². The molecule has 0 aliphatic rings. The first-order chi connectivity index (χ1) is 9.61. The molecule has 2 heterocycles. The number of methoxy groups -OCH3 is 1. The highest BCUT2D eigenvalue weighted by atomic mass is 19.1. The van der Waals surface area contributed by atoms with E-state index in [0.29, 0.717) is 5.69 Å². The number of hydrogen-bond donors (Lipinski definition) is 0. The molecule has 3 aromatic rings. The lowest BCUT2D eigenvalue weighted by atomic mass is 10.3. The zero-order valence-corrected chi connectivity index (χ0v) is 11.1. The Morgan fingerprint density at radius 1 is 1.15 bits per heavy atom. The second-order valence-electron chi connectivity index (χ2n) is 4.51. The molecule has 0 saturated heterocycles. The summed E-state index contributed by atoms with van der Waals surface area (Å²) in [6.45, 7) is 0. The molecule has 0 spiro atoms. The number of hydrogen-bond acceptors (Lipinski definition) is 2. The van der Waals surface area contributed by atoms with Crippen LogP contribution < -0.4 is 0 Å². The van der Waals surface area contributed by atoms with Crippen LogP contribution in [0.2, 0.25) is 0 Å². The van der Waals surface area contributed by atoms with Crippen LogP contribution in [0.25, 0.3) is 16.7 Å². The maximum atomic E-state index is 13.0. The van der Waals surface area contributed by atoms with Gasteiger partial charge in [-0.1, -0.05) is 0 Å². The highest BCUT2D eigenvalue weighted by Crippen LogP contribution is 2.24. The van der Waals surface area contributed by atoms with Crippen molar-refractivity contribution in [3.05, 3.63) is 54.1 Å². The smallest absolute Gasteiger partial charge is 0.354 e. The summed E-state index contributed by atoms with van der Waals surface area (Å²) in [5.74, 6) is -0.658. The number of ether oxygens (including phenoxy) is 1. The quantitative estimate of drug-likeness (QED) is 0.672. The second kappa shape index (κ2) is 4.52. The fraction of sp³-hybridized carbons (Fsp3) is 0.133. The lowest BCUT2D eigenvalue weighted by molar-refractivity contribution is 0.0590. The minimum Gasteiger partial charge on any atom is -0.464 e. The van der Waals surface area contributed by atoms with E-state index in [1.807, 2.05) is 23.9 Å². The van der Waals surface area contributed by atoms with Crippen LogP contribution in [0, 0.1) is 5.82 Å². The first kappa shape index (κ1) is 12.5. The Hall–Kier alpha value is -2.56. The number of aromatic nitrogens is 2. The van der Waals surface area contributed by atoms with Crippen molar-refractivity contribution in [1.29, 1.82) is 0 Å². The number of carbonyl (C=O) groups excluding carboxylic acids is 1. The molecule has 2 aromatic heterocycles. The van der Waals surface area contributed by atoms with Gasteiger partial charge in [0, 0.05) is 18.9 Å². The van der Waals surface area contributed by atoms with Crippen LogP contribution in [0.4, 0.5) is 4.39 Å². The molecule has 0 aliphatic heterocycles. The average molecular weight is 272 g/mol. The molecule has 5 heteroatoms. The Balaban J connectivity index is 2.18. The van der Waals surface area contributed by atoms with E-state index in [4.69, 9.17) is 4.74 Å². The maximum Gasteiger partial charge on any atom is 0.354 e.